The quantitative estimate of drug-likeness (QED) is 0.855. The van der Waals surface area contributed by atoms with Crippen LogP contribution < -0.4 is 15.2 Å². The summed E-state index contributed by atoms with van der Waals surface area (Å²) in [5, 5.41) is 2.01. The van der Waals surface area contributed by atoms with Crippen LogP contribution in [0.4, 0.5) is 0 Å². The summed E-state index contributed by atoms with van der Waals surface area (Å²) in [5.41, 5.74) is 6.39. The van der Waals surface area contributed by atoms with E-state index in [0.29, 0.717) is 17.3 Å². The first-order valence-electron chi connectivity index (χ1n) is 5.33. The van der Waals surface area contributed by atoms with E-state index in [1.165, 1.54) is 0 Å². The predicted octanol–water partition coefficient (Wildman–Crippen LogP) is 2.97. The molecule has 94 valence electrons. The summed E-state index contributed by atoms with van der Waals surface area (Å²) in [6.07, 6.45) is 0. The van der Waals surface area contributed by atoms with Crippen LogP contribution in [-0.2, 0) is 6.61 Å². The van der Waals surface area contributed by atoms with E-state index in [9.17, 15) is 0 Å². The second-order valence-corrected chi connectivity index (χ2v) is 5.07. The zero-order valence-corrected chi connectivity index (χ0v) is 11.5. The van der Waals surface area contributed by atoms with Crippen LogP contribution in [0.5, 0.6) is 11.5 Å². The van der Waals surface area contributed by atoms with Crippen molar-refractivity contribution in [2.45, 2.75) is 6.61 Å². The predicted molar refractivity (Wildman–Crippen MR) is 77.5 cm³/mol. The van der Waals surface area contributed by atoms with Gasteiger partial charge in [-0.15, -0.1) is 11.3 Å². The Hall–Kier alpha value is -1.59. The van der Waals surface area contributed by atoms with Gasteiger partial charge < -0.3 is 15.2 Å². The Kier molecular flexibility index (Phi) is 4.17. The molecule has 0 fully saturated rings. The van der Waals surface area contributed by atoms with Crippen molar-refractivity contribution in [3.8, 4) is 11.5 Å². The zero-order chi connectivity index (χ0) is 13.0. The molecule has 0 aliphatic rings. The van der Waals surface area contributed by atoms with Crippen molar-refractivity contribution in [1.82, 2.24) is 0 Å². The van der Waals surface area contributed by atoms with Crippen LogP contribution in [0.25, 0.3) is 0 Å². The van der Waals surface area contributed by atoms with Crippen molar-refractivity contribution in [3.63, 3.8) is 0 Å². The van der Waals surface area contributed by atoms with Gasteiger partial charge >= 0.3 is 0 Å². The average molecular weight is 279 g/mol. The number of ether oxygens (including phenoxy) is 2. The van der Waals surface area contributed by atoms with E-state index in [4.69, 9.17) is 27.4 Å². The Bertz CT molecular complexity index is 538. The molecule has 0 atom stereocenters. The molecule has 0 spiro atoms. The van der Waals surface area contributed by atoms with Gasteiger partial charge in [-0.3, -0.25) is 0 Å². The van der Waals surface area contributed by atoms with E-state index >= 15 is 0 Å². The third-order valence-electron chi connectivity index (χ3n) is 2.40. The largest absolute Gasteiger partial charge is 0.497 e. The van der Waals surface area contributed by atoms with Crippen LogP contribution in [0.1, 0.15) is 10.4 Å². The summed E-state index contributed by atoms with van der Waals surface area (Å²) in [6, 6.07) is 9.42. The molecule has 0 saturated heterocycles. The normalized spacial score (nSPS) is 10.1. The maximum absolute atomic E-state index is 5.75. The fraction of sp³-hybridized carbons (Fsp3) is 0.154. The third kappa shape index (κ3) is 3.00. The van der Waals surface area contributed by atoms with Crippen LogP contribution in [0.3, 0.4) is 0 Å². The Morgan fingerprint density at radius 3 is 2.83 bits per heavy atom. The van der Waals surface area contributed by atoms with Crippen molar-refractivity contribution in [1.29, 1.82) is 0 Å². The lowest BCUT2D eigenvalue weighted by atomic mass is 10.2. The molecule has 0 radical (unpaired) electrons. The van der Waals surface area contributed by atoms with Gasteiger partial charge in [-0.25, -0.2) is 0 Å². The van der Waals surface area contributed by atoms with E-state index < -0.39 is 0 Å². The number of thiocarbonyl (C=S) groups is 1. The van der Waals surface area contributed by atoms with E-state index in [1.54, 1.807) is 24.5 Å². The zero-order valence-electron chi connectivity index (χ0n) is 9.88. The van der Waals surface area contributed by atoms with Crippen LogP contribution in [-0.4, -0.2) is 12.1 Å². The van der Waals surface area contributed by atoms with E-state index in [-0.39, 0.29) is 0 Å². The van der Waals surface area contributed by atoms with Crippen molar-refractivity contribution in [2.75, 3.05) is 7.11 Å². The van der Waals surface area contributed by atoms with Crippen LogP contribution >= 0.6 is 23.6 Å². The number of rotatable bonds is 5. The van der Waals surface area contributed by atoms with E-state index in [2.05, 4.69) is 0 Å². The number of nitrogens with two attached hydrogens (primary N) is 1. The molecule has 0 unspecified atom stereocenters. The average Bonchev–Trinajstić information content (AvgIpc) is 2.88. The first-order valence-corrected chi connectivity index (χ1v) is 6.62. The first kappa shape index (κ1) is 12.9. The molecule has 3 nitrogen and oxygen atoms in total. The Balaban J connectivity index is 2.20. The summed E-state index contributed by atoms with van der Waals surface area (Å²) in [7, 11) is 1.61. The summed E-state index contributed by atoms with van der Waals surface area (Å²) in [6.45, 7) is 0.500. The van der Waals surface area contributed by atoms with Gasteiger partial charge in [-0.2, -0.15) is 0 Å². The third-order valence-corrected chi connectivity index (χ3v) is 3.47. The van der Waals surface area contributed by atoms with Gasteiger partial charge in [0.2, 0.25) is 0 Å². The molecule has 0 saturated carbocycles. The Morgan fingerprint density at radius 1 is 1.39 bits per heavy atom. The number of hydrogen-bond donors (Lipinski definition) is 1. The number of methoxy groups -OCH3 is 1. The second kappa shape index (κ2) is 5.84. The molecule has 0 aliphatic carbocycles. The maximum Gasteiger partial charge on any atom is 0.133 e. The summed E-state index contributed by atoms with van der Waals surface area (Å²) in [5.74, 6) is 1.37. The van der Waals surface area contributed by atoms with Gasteiger partial charge in [0, 0.05) is 10.9 Å². The molecular weight excluding hydrogens is 266 g/mol. The standard InChI is InChI=1S/C13H13NO2S2/c1-15-9-4-5-11(13(14)17)12(7-9)16-8-10-3-2-6-18-10/h2-7H,8H2,1H3,(H2,14,17). The maximum atomic E-state index is 5.75. The molecule has 5 heteroatoms. The minimum atomic E-state index is 0.318. The van der Waals surface area contributed by atoms with Crippen molar-refractivity contribution < 1.29 is 9.47 Å². The monoisotopic (exact) mass is 279 g/mol. The minimum absolute atomic E-state index is 0.318. The number of benzene rings is 1. The highest BCUT2D eigenvalue weighted by molar-refractivity contribution is 7.80. The summed E-state index contributed by atoms with van der Waals surface area (Å²) >= 11 is 6.65. The molecule has 18 heavy (non-hydrogen) atoms. The van der Waals surface area contributed by atoms with Gasteiger partial charge in [-0.05, 0) is 23.6 Å². The summed E-state index contributed by atoms with van der Waals surface area (Å²) < 4.78 is 10.9. The van der Waals surface area contributed by atoms with Crippen LogP contribution in [0, 0.1) is 0 Å². The first-order chi connectivity index (χ1) is 8.70. The Labute approximate surface area is 115 Å². The van der Waals surface area contributed by atoms with Crippen molar-refractivity contribution in [2.24, 2.45) is 5.73 Å². The molecular formula is C13H13NO2S2. The molecule has 2 aromatic rings. The molecule has 0 amide bonds. The fourth-order valence-corrected chi connectivity index (χ4v) is 2.28. The van der Waals surface area contributed by atoms with Crippen molar-refractivity contribution in [3.05, 3.63) is 46.2 Å². The smallest absolute Gasteiger partial charge is 0.133 e. The second-order valence-electron chi connectivity index (χ2n) is 3.59. The molecule has 0 aliphatic heterocycles. The Morgan fingerprint density at radius 2 is 2.22 bits per heavy atom. The topological polar surface area (TPSA) is 44.5 Å². The number of hydrogen-bond acceptors (Lipinski definition) is 4. The lowest BCUT2D eigenvalue weighted by Crippen LogP contribution is -2.11. The molecule has 2 N–H and O–H groups in total. The minimum Gasteiger partial charge on any atom is -0.497 e. The van der Waals surface area contributed by atoms with E-state index in [1.807, 2.05) is 29.6 Å². The summed E-state index contributed by atoms with van der Waals surface area (Å²) in [4.78, 5) is 1.46. The van der Waals surface area contributed by atoms with Gasteiger partial charge in [0.05, 0.1) is 12.7 Å². The van der Waals surface area contributed by atoms with E-state index in [0.717, 1.165) is 16.2 Å². The molecule has 1 aromatic carbocycles. The van der Waals surface area contributed by atoms with Gasteiger partial charge in [0.1, 0.15) is 23.1 Å². The van der Waals surface area contributed by atoms with Gasteiger partial charge in [0.25, 0.3) is 0 Å². The molecule has 1 aromatic heterocycles. The lowest BCUT2D eigenvalue weighted by Gasteiger charge is -2.11. The fourth-order valence-electron chi connectivity index (χ4n) is 1.50. The number of thiophene rings is 1. The molecule has 2 rings (SSSR count). The SMILES string of the molecule is COc1ccc(C(N)=S)c(OCc2cccs2)c1. The van der Waals surface area contributed by atoms with Crippen LogP contribution in [0.2, 0.25) is 0 Å². The highest BCUT2D eigenvalue weighted by atomic mass is 32.1. The van der Waals surface area contributed by atoms with Crippen molar-refractivity contribution >= 4 is 28.5 Å². The highest BCUT2D eigenvalue weighted by Gasteiger charge is 2.08. The van der Waals surface area contributed by atoms with Gasteiger partial charge in [-0.1, -0.05) is 18.3 Å². The molecule has 0 bridgehead atoms. The highest BCUT2D eigenvalue weighted by Crippen LogP contribution is 2.26. The van der Waals surface area contributed by atoms with Crippen LogP contribution in [0.15, 0.2) is 35.7 Å². The van der Waals surface area contributed by atoms with Gasteiger partial charge in [0.15, 0.2) is 0 Å². The lowest BCUT2D eigenvalue weighted by molar-refractivity contribution is 0.306. The molecule has 1 heterocycles.